The van der Waals surface area contributed by atoms with Crippen molar-refractivity contribution < 1.29 is 8.78 Å². The largest absolute Gasteiger partial charge is 0.304 e. The minimum atomic E-state index is -1.61. The van der Waals surface area contributed by atoms with E-state index >= 15 is 0 Å². The molecule has 1 fully saturated rings. The van der Waals surface area contributed by atoms with E-state index < -0.39 is 12.1 Å². The highest BCUT2D eigenvalue weighted by Crippen LogP contribution is 2.13. The van der Waals surface area contributed by atoms with Gasteiger partial charge in [-0.05, 0) is 7.05 Å². The van der Waals surface area contributed by atoms with E-state index in [4.69, 9.17) is 0 Å². The standard InChI is InChI=1S/C8H14F2N2/c1-7(9)8(10)12-5-3-11(2)4-6-12/h8H,1,3-6H2,2H3. The molecule has 0 radical (unpaired) electrons. The van der Waals surface area contributed by atoms with Gasteiger partial charge in [-0.1, -0.05) is 6.58 Å². The van der Waals surface area contributed by atoms with Gasteiger partial charge in [-0.25, -0.2) is 8.78 Å². The molecule has 1 atom stereocenters. The maximum Gasteiger partial charge on any atom is 0.205 e. The van der Waals surface area contributed by atoms with Gasteiger partial charge in [0, 0.05) is 26.2 Å². The van der Waals surface area contributed by atoms with E-state index in [1.165, 1.54) is 4.90 Å². The maximum atomic E-state index is 13.0. The number of hydrogen-bond donors (Lipinski definition) is 0. The Balaban J connectivity index is 2.39. The Morgan fingerprint density at radius 1 is 1.33 bits per heavy atom. The Morgan fingerprint density at radius 3 is 2.25 bits per heavy atom. The average Bonchev–Trinajstić information content (AvgIpc) is 2.04. The Hall–Kier alpha value is -0.480. The topological polar surface area (TPSA) is 6.48 Å². The van der Waals surface area contributed by atoms with Crippen LogP contribution in [0.25, 0.3) is 0 Å². The summed E-state index contributed by atoms with van der Waals surface area (Å²) in [5.41, 5.74) is 0. The lowest BCUT2D eigenvalue weighted by molar-refractivity contribution is 0.0488. The van der Waals surface area contributed by atoms with Crippen molar-refractivity contribution in [1.82, 2.24) is 9.80 Å². The number of likely N-dealkylation sites (N-methyl/N-ethyl adjacent to an activating group) is 1. The van der Waals surface area contributed by atoms with Crippen LogP contribution < -0.4 is 0 Å². The lowest BCUT2D eigenvalue weighted by atomic mass is 10.3. The summed E-state index contributed by atoms with van der Waals surface area (Å²) in [6.07, 6.45) is -1.61. The van der Waals surface area contributed by atoms with Crippen LogP contribution in [0.3, 0.4) is 0 Å². The van der Waals surface area contributed by atoms with Crippen LogP contribution in [0.4, 0.5) is 8.78 Å². The van der Waals surface area contributed by atoms with Crippen molar-refractivity contribution in [2.24, 2.45) is 0 Å². The van der Waals surface area contributed by atoms with Crippen molar-refractivity contribution in [3.05, 3.63) is 12.4 Å². The van der Waals surface area contributed by atoms with Crippen molar-refractivity contribution in [2.45, 2.75) is 6.30 Å². The zero-order valence-electron chi connectivity index (χ0n) is 7.26. The summed E-state index contributed by atoms with van der Waals surface area (Å²) in [6.45, 7) is 5.66. The van der Waals surface area contributed by atoms with Gasteiger partial charge < -0.3 is 4.90 Å². The molecule has 70 valence electrons. The molecule has 1 rings (SSSR count). The molecule has 1 heterocycles. The summed E-state index contributed by atoms with van der Waals surface area (Å²) in [7, 11) is 1.97. The van der Waals surface area contributed by atoms with E-state index in [9.17, 15) is 8.78 Å². The molecule has 0 bridgehead atoms. The fourth-order valence-corrected chi connectivity index (χ4v) is 1.25. The molecule has 0 N–H and O–H groups in total. The zero-order valence-corrected chi connectivity index (χ0v) is 7.26. The first-order valence-corrected chi connectivity index (χ1v) is 4.02. The predicted octanol–water partition coefficient (Wildman–Crippen LogP) is 1.01. The summed E-state index contributed by atoms with van der Waals surface area (Å²) in [5, 5.41) is 0. The molecule has 1 saturated heterocycles. The number of rotatable bonds is 2. The summed E-state index contributed by atoms with van der Waals surface area (Å²) in [4.78, 5) is 3.55. The molecule has 1 aliphatic heterocycles. The normalized spacial score (nSPS) is 23.9. The van der Waals surface area contributed by atoms with E-state index in [0.29, 0.717) is 13.1 Å². The first kappa shape index (κ1) is 9.61. The molecule has 1 aliphatic rings. The minimum absolute atomic E-state index is 0.570. The highest BCUT2D eigenvalue weighted by molar-refractivity contribution is 4.91. The summed E-state index contributed by atoms with van der Waals surface area (Å²) in [5.74, 6) is -0.889. The lowest BCUT2D eigenvalue weighted by Crippen LogP contribution is -2.47. The van der Waals surface area contributed by atoms with E-state index in [1.807, 2.05) is 7.05 Å². The van der Waals surface area contributed by atoms with Crippen LogP contribution in [0.1, 0.15) is 0 Å². The van der Waals surface area contributed by atoms with Crippen molar-refractivity contribution >= 4 is 0 Å². The molecule has 0 aliphatic carbocycles. The first-order chi connectivity index (χ1) is 5.61. The molecule has 0 saturated carbocycles. The summed E-state index contributed by atoms with van der Waals surface area (Å²) in [6, 6.07) is 0. The third kappa shape index (κ3) is 2.25. The molecule has 0 aromatic rings. The fourth-order valence-electron chi connectivity index (χ4n) is 1.25. The van der Waals surface area contributed by atoms with Crippen LogP contribution in [-0.2, 0) is 0 Å². The lowest BCUT2D eigenvalue weighted by Gasteiger charge is -2.33. The predicted molar refractivity (Wildman–Crippen MR) is 44.2 cm³/mol. The quantitative estimate of drug-likeness (QED) is 0.579. The SMILES string of the molecule is C=C(F)C(F)N1CCN(C)CC1. The van der Waals surface area contributed by atoms with Crippen molar-refractivity contribution in [2.75, 3.05) is 33.2 Å². The molecule has 0 spiro atoms. The second-order valence-electron chi connectivity index (χ2n) is 3.12. The second-order valence-corrected chi connectivity index (χ2v) is 3.12. The van der Waals surface area contributed by atoms with Gasteiger partial charge in [-0.15, -0.1) is 0 Å². The fraction of sp³-hybridized carbons (Fsp3) is 0.750. The van der Waals surface area contributed by atoms with Gasteiger partial charge in [0.05, 0.1) is 0 Å². The van der Waals surface area contributed by atoms with Crippen LogP contribution in [0, 0.1) is 0 Å². The van der Waals surface area contributed by atoms with E-state index in [2.05, 4.69) is 11.5 Å². The molecule has 0 aromatic heterocycles. The number of halogens is 2. The Kier molecular flexibility index (Phi) is 3.17. The Labute approximate surface area is 71.4 Å². The molecule has 2 nitrogen and oxygen atoms in total. The molecular formula is C8H14F2N2. The van der Waals surface area contributed by atoms with Crippen LogP contribution in [0.5, 0.6) is 0 Å². The molecular weight excluding hydrogens is 162 g/mol. The average molecular weight is 176 g/mol. The number of alkyl halides is 1. The monoisotopic (exact) mass is 176 g/mol. The second kappa shape index (κ2) is 3.96. The third-order valence-corrected chi connectivity index (χ3v) is 2.12. The number of hydrogen-bond acceptors (Lipinski definition) is 2. The van der Waals surface area contributed by atoms with Crippen LogP contribution in [0.2, 0.25) is 0 Å². The van der Waals surface area contributed by atoms with E-state index in [1.54, 1.807) is 0 Å². The van der Waals surface area contributed by atoms with E-state index in [0.717, 1.165) is 13.1 Å². The van der Waals surface area contributed by atoms with Gasteiger partial charge in [-0.3, -0.25) is 4.90 Å². The molecule has 0 amide bonds. The van der Waals surface area contributed by atoms with Crippen molar-refractivity contribution in [1.29, 1.82) is 0 Å². The van der Waals surface area contributed by atoms with Gasteiger partial charge in [0.1, 0.15) is 5.83 Å². The van der Waals surface area contributed by atoms with Gasteiger partial charge in [0.15, 0.2) is 0 Å². The van der Waals surface area contributed by atoms with Gasteiger partial charge in [-0.2, -0.15) is 0 Å². The maximum absolute atomic E-state index is 13.0. The Bertz CT molecular complexity index is 164. The van der Waals surface area contributed by atoms with Crippen molar-refractivity contribution in [3.63, 3.8) is 0 Å². The van der Waals surface area contributed by atoms with Gasteiger partial charge in [0.25, 0.3) is 0 Å². The summed E-state index contributed by atoms with van der Waals surface area (Å²) >= 11 is 0. The Morgan fingerprint density at radius 2 is 1.83 bits per heavy atom. The van der Waals surface area contributed by atoms with E-state index in [-0.39, 0.29) is 0 Å². The molecule has 0 aromatic carbocycles. The van der Waals surface area contributed by atoms with Crippen LogP contribution in [-0.4, -0.2) is 49.3 Å². The minimum Gasteiger partial charge on any atom is -0.304 e. The van der Waals surface area contributed by atoms with Gasteiger partial charge in [0.2, 0.25) is 6.30 Å². The summed E-state index contributed by atoms with van der Waals surface area (Å²) < 4.78 is 25.3. The van der Waals surface area contributed by atoms with Crippen molar-refractivity contribution in [3.8, 4) is 0 Å². The molecule has 12 heavy (non-hydrogen) atoms. The molecule has 4 heteroatoms. The smallest absolute Gasteiger partial charge is 0.205 e. The third-order valence-electron chi connectivity index (χ3n) is 2.12. The highest BCUT2D eigenvalue weighted by atomic mass is 19.2. The number of piperazine rings is 1. The molecule has 1 unspecified atom stereocenters. The highest BCUT2D eigenvalue weighted by Gasteiger charge is 2.23. The first-order valence-electron chi connectivity index (χ1n) is 4.02. The van der Waals surface area contributed by atoms with Crippen LogP contribution >= 0.6 is 0 Å². The van der Waals surface area contributed by atoms with Crippen LogP contribution in [0.15, 0.2) is 12.4 Å². The zero-order chi connectivity index (χ0) is 9.14. The number of nitrogens with zero attached hydrogens (tertiary/aromatic N) is 2. The van der Waals surface area contributed by atoms with Gasteiger partial charge >= 0.3 is 0 Å².